The predicted molar refractivity (Wildman–Crippen MR) is 45.3 cm³/mol. The normalized spacial score (nSPS) is 10.8. The van der Waals surface area contributed by atoms with Crippen molar-refractivity contribution in [2.24, 2.45) is 0 Å². The van der Waals surface area contributed by atoms with Gasteiger partial charge in [-0.15, -0.1) is 0 Å². The zero-order valence-electron chi connectivity index (χ0n) is 6.60. The third-order valence-electron chi connectivity index (χ3n) is 1.81. The van der Waals surface area contributed by atoms with Crippen LogP contribution in [0.2, 0.25) is 0 Å². The van der Waals surface area contributed by atoms with Gasteiger partial charge in [0.05, 0.1) is 5.69 Å². The molecule has 0 radical (unpaired) electrons. The van der Waals surface area contributed by atoms with Gasteiger partial charge in [-0.3, -0.25) is 0 Å². The van der Waals surface area contributed by atoms with Crippen LogP contribution < -0.4 is 5.73 Å². The molecule has 1 aromatic carbocycles. The van der Waals surface area contributed by atoms with Gasteiger partial charge in [-0.2, -0.15) is 0 Å². The van der Waals surface area contributed by atoms with Gasteiger partial charge in [-0.05, 0) is 25.1 Å². The molecule has 1 aromatic heterocycles. The van der Waals surface area contributed by atoms with Crippen LogP contribution >= 0.6 is 0 Å². The van der Waals surface area contributed by atoms with Gasteiger partial charge >= 0.3 is 0 Å². The van der Waals surface area contributed by atoms with Gasteiger partial charge in [0.2, 0.25) is 0 Å². The minimum atomic E-state index is -0.400. The maximum Gasteiger partial charge on any atom is 0.146 e. The Morgan fingerprint density at radius 2 is 2.17 bits per heavy atom. The lowest BCUT2D eigenvalue weighted by Crippen LogP contribution is -1.89. The van der Waals surface area contributed by atoms with E-state index in [0.29, 0.717) is 11.0 Å². The number of nitrogens with two attached hydrogens (primary N) is 1. The Morgan fingerprint density at radius 3 is 2.92 bits per heavy atom. The minimum absolute atomic E-state index is 0.157. The second-order valence-electron chi connectivity index (χ2n) is 2.73. The number of rotatable bonds is 0. The molecule has 0 aliphatic heterocycles. The summed E-state index contributed by atoms with van der Waals surface area (Å²) in [6.45, 7) is 1.80. The van der Waals surface area contributed by atoms with Gasteiger partial charge in [0, 0.05) is 5.39 Å². The fourth-order valence-corrected chi connectivity index (χ4v) is 1.23. The second kappa shape index (κ2) is 2.24. The molecule has 12 heavy (non-hydrogen) atoms. The van der Waals surface area contributed by atoms with Crippen LogP contribution in [0.3, 0.4) is 0 Å². The van der Waals surface area contributed by atoms with Crippen molar-refractivity contribution in [1.29, 1.82) is 0 Å². The highest BCUT2D eigenvalue weighted by Crippen LogP contribution is 2.26. The summed E-state index contributed by atoms with van der Waals surface area (Å²) in [5.74, 6) is 0.339. The van der Waals surface area contributed by atoms with Crippen LogP contribution in [-0.2, 0) is 0 Å². The van der Waals surface area contributed by atoms with E-state index in [9.17, 15) is 4.39 Å². The predicted octanol–water partition coefficient (Wildman–Crippen LogP) is 2.46. The van der Waals surface area contributed by atoms with Crippen molar-refractivity contribution in [2.45, 2.75) is 6.92 Å². The van der Waals surface area contributed by atoms with E-state index < -0.39 is 5.82 Å². The van der Waals surface area contributed by atoms with Gasteiger partial charge in [-0.1, -0.05) is 0 Å². The van der Waals surface area contributed by atoms with Crippen molar-refractivity contribution in [1.82, 2.24) is 0 Å². The third kappa shape index (κ3) is 0.863. The first-order valence-corrected chi connectivity index (χ1v) is 3.62. The van der Waals surface area contributed by atoms with Crippen molar-refractivity contribution >= 4 is 16.7 Å². The Labute approximate surface area is 68.8 Å². The maximum atomic E-state index is 12.9. The molecule has 0 fully saturated rings. The summed E-state index contributed by atoms with van der Waals surface area (Å²) < 4.78 is 18.1. The third-order valence-corrected chi connectivity index (χ3v) is 1.81. The van der Waals surface area contributed by atoms with Crippen molar-refractivity contribution in [3.05, 3.63) is 29.8 Å². The van der Waals surface area contributed by atoms with E-state index in [2.05, 4.69) is 0 Å². The molecule has 0 saturated heterocycles. The van der Waals surface area contributed by atoms with Crippen LogP contribution in [0, 0.1) is 12.7 Å². The minimum Gasteiger partial charge on any atom is -0.461 e. The number of benzene rings is 1. The Bertz CT molecular complexity index is 433. The van der Waals surface area contributed by atoms with Crippen LogP contribution in [0.1, 0.15) is 5.76 Å². The molecule has 0 saturated carbocycles. The van der Waals surface area contributed by atoms with Crippen LogP contribution in [0.25, 0.3) is 11.0 Å². The number of halogens is 1. The summed E-state index contributed by atoms with van der Waals surface area (Å²) >= 11 is 0. The van der Waals surface area contributed by atoms with E-state index in [-0.39, 0.29) is 5.69 Å². The van der Waals surface area contributed by atoms with Crippen LogP contribution in [-0.4, -0.2) is 0 Å². The van der Waals surface area contributed by atoms with Gasteiger partial charge in [0.1, 0.15) is 17.2 Å². The highest BCUT2D eigenvalue weighted by Gasteiger charge is 2.06. The number of fused-ring (bicyclic) bond motifs is 1. The van der Waals surface area contributed by atoms with Crippen molar-refractivity contribution < 1.29 is 8.81 Å². The van der Waals surface area contributed by atoms with Gasteiger partial charge in [0.25, 0.3) is 0 Å². The molecular formula is C9H8FNO. The molecule has 2 nitrogen and oxygen atoms in total. The number of anilines is 1. The molecule has 0 aliphatic rings. The van der Waals surface area contributed by atoms with Crippen LogP contribution in [0.15, 0.2) is 22.6 Å². The highest BCUT2D eigenvalue weighted by atomic mass is 19.1. The molecule has 3 heteroatoms. The smallest absolute Gasteiger partial charge is 0.146 e. The SMILES string of the molecule is Cc1cc2c(N)c(F)ccc2o1. The Hall–Kier alpha value is -1.51. The Balaban J connectivity index is 2.89. The van der Waals surface area contributed by atoms with E-state index in [0.717, 1.165) is 5.76 Å². The van der Waals surface area contributed by atoms with Gasteiger partial charge in [-0.25, -0.2) is 4.39 Å². The number of aryl methyl sites for hydroxylation is 1. The fourth-order valence-electron chi connectivity index (χ4n) is 1.23. The molecule has 0 unspecified atom stereocenters. The summed E-state index contributed by atoms with van der Waals surface area (Å²) in [5.41, 5.74) is 6.28. The molecule has 0 spiro atoms. The Morgan fingerprint density at radius 1 is 1.42 bits per heavy atom. The average molecular weight is 165 g/mol. The standard InChI is InChI=1S/C9H8FNO/c1-5-4-6-8(12-5)3-2-7(10)9(6)11/h2-4H,11H2,1H3. The topological polar surface area (TPSA) is 39.2 Å². The molecule has 0 atom stereocenters. The largest absolute Gasteiger partial charge is 0.461 e. The summed E-state index contributed by atoms with van der Waals surface area (Å²) in [7, 11) is 0. The fraction of sp³-hybridized carbons (Fsp3) is 0.111. The van der Waals surface area contributed by atoms with E-state index in [1.165, 1.54) is 6.07 Å². The van der Waals surface area contributed by atoms with E-state index >= 15 is 0 Å². The first-order valence-electron chi connectivity index (χ1n) is 3.62. The second-order valence-corrected chi connectivity index (χ2v) is 2.73. The lowest BCUT2D eigenvalue weighted by molar-refractivity contribution is 0.577. The quantitative estimate of drug-likeness (QED) is 0.609. The van der Waals surface area contributed by atoms with Gasteiger partial charge in [0.15, 0.2) is 0 Å². The number of hydrogen-bond acceptors (Lipinski definition) is 2. The molecule has 2 N–H and O–H groups in total. The molecular weight excluding hydrogens is 157 g/mol. The zero-order valence-corrected chi connectivity index (χ0v) is 6.60. The van der Waals surface area contributed by atoms with E-state index in [4.69, 9.17) is 10.2 Å². The first kappa shape index (κ1) is 7.16. The summed E-state index contributed by atoms with van der Waals surface area (Å²) in [4.78, 5) is 0. The van der Waals surface area contributed by atoms with Crippen molar-refractivity contribution in [2.75, 3.05) is 5.73 Å². The lowest BCUT2D eigenvalue weighted by atomic mass is 10.2. The molecule has 1 heterocycles. The maximum absolute atomic E-state index is 12.9. The summed E-state index contributed by atoms with van der Waals surface area (Å²) in [6.07, 6.45) is 0. The van der Waals surface area contributed by atoms with Crippen molar-refractivity contribution in [3.8, 4) is 0 Å². The van der Waals surface area contributed by atoms with Crippen LogP contribution in [0.5, 0.6) is 0 Å². The molecule has 2 rings (SSSR count). The van der Waals surface area contributed by atoms with Crippen LogP contribution in [0.4, 0.5) is 10.1 Å². The first-order chi connectivity index (χ1) is 5.68. The number of nitrogen functional groups attached to an aromatic ring is 1. The summed E-state index contributed by atoms with van der Waals surface area (Å²) in [5, 5.41) is 0.646. The average Bonchev–Trinajstić information content (AvgIpc) is 2.39. The number of hydrogen-bond donors (Lipinski definition) is 1. The van der Waals surface area contributed by atoms with Crippen molar-refractivity contribution in [3.63, 3.8) is 0 Å². The molecule has 62 valence electrons. The van der Waals surface area contributed by atoms with E-state index in [1.807, 2.05) is 0 Å². The summed E-state index contributed by atoms with van der Waals surface area (Å²) in [6, 6.07) is 4.61. The molecule has 0 aliphatic carbocycles. The molecule has 0 bridgehead atoms. The lowest BCUT2D eigenvalue weighted by Gasteiger charge is -1.95. The zero-order chi connectivity index (χ0) is 8.72. The van der Waals surface area contributed by atoms with E-state index in [1.54, 1.807) is 19.1 Å². The highest BCUT2D eigenvalue weighted by molar-refractivity contribution is 5.90. The molecule has 0 amide bonds. The monoisotopic (exact) mass is 165 g/mol. The Kier molecular flexibility index (Phi) is 1.33. The van der Waals surface area contributed by atoms with Gasteiger partial charge < -0.3 is 10.2 Å². The molecule has 2 aromatic rings. The number of furan rings is 1.